The fraction of sp³-hybridized carbons (Fsp3) is 0.632. The molecule has 0 aliphatic carbocycles. The zero-order valence-corrected chi connectivity index (χ0v) is 16.1. The van der Waals surface area contributed by atoms with Gasteiger partial charge in [0.15, 0.2) is 5.96 Å². The highest BCUT2D eigenvalue weighted by Gasteiger charge is 2.40. The van der Waals surface area contributed by atoms with Gasteiger partial charge in [0.1, 0.15) is 0 Å². The van der Waals surface area contributed by atoms with Crippen LogP contribution in [0.4, 0.5) is 0 Å². The number of amides is 1. The van der Waals surface area contributed by atoms with Gasteiger partial charge in [-0.15, -0.1) is 0 Å². The summed E-state index contributed by atoms with van der Waals surface area (Å²) in [6, 6.07) is 4.23. The van der Waals surface area contributed by atoms with Crippen molar-refractivity contribution in [3.63, 3.8) is 0 Å². The minimum absolute atomic E-state index is 0.158. The van der Waals surface area contributed by atoms with Crippen LogP contribution in [0.15, 0.2) is 29.5 Å². The lowest BCUT2D eigenvalue weighted by molar-refractivity contribution is -0.145. The van der Waals surface area contributed by atoms with Crippen molar-refractivity contribution < 1.29 is 4.79 Å². The molecule has 6 nitrogen and oxygen atoms in total. The maximum Gasteiger partial charge on any atom is 0.242 e. The lowest BCUT2D eigenvalue weighted by atomic mass is 9.96. The van der Waals surface area contributed by atoms with Gasteiger partial charge in [0.25, 0.3) is 0 Å². The summed E-state index contributed by atoms with van der Waals surface area (Å²) in [4.78, 5) is 25.5. The Balaban J connectivity index is 2.09. The number of nitrogens with zero attached hydrogens (tertiary/aromatic N) is 4. The number of rotatable bonds is 5. The molecule has 1 amide bonds. The smallest absolute Gasteiger partial charge is 0.242 e. The van der Waals surface area contributed by atoms with Crippen LogP contribution in [0.1, 0.15) is 40.2 Å². The number of carbonyl (C=O) groups is 1. The van der Waals surface area contributed by atoms with Gasteiger partial charge in [-0.2, -0.15) is 0 Å². The Hall–Kier alpha value is -2.11. The van der Waals surface area contributed by atoms with E-state index in [1.807, 2.05) is 17.0 Å². The fourth-order valence-electron chi connectivity index (χ4n) is 3.58. The summed E-state index contributed by atoms with van der Waals surface area (Å²) in [6.07, 6.45) is 4.47. The SMILES string of the molecule is CCNC(=NCCc1ccncc1)N1CC(=O)N(C(C)C)C(C)(C)C1. The van der Waals surface area contributed by atoms with E-state index in [1.165, 1.54) is 5.56 Å². The number of nitrogens with one attached hydrogen (secondary N) is 1. The average Bonchev–Trinajstić information content (AvgIpc) is 2.53. The molecule has 0 spiro atoms. The van der Waals surface area contributed by atoms with Crippen LogP contribution in [0, 0.1) is 0 Å². The number of hydrogen-bond acceptors (Lipinski definition) is 3. The Morgan fingerprint density at radius 2 is 2.04 bits per heavy atom. The van der Waals surface area contributed by atoms with Crippen molar-refractivity contribution in [2.75, 3.05) is 26.2 Å². The highest BCUT2D eigenvalue weighted by atomic mass is 16.2. The highest BCUT2D eigenvalue weighted by Crippen LogP contribution is 2.24. The fourth-order valence-corrected chi connectivity index (χ4v) is 3.58. The minimum atomic E-state index is -0.217. The lowest BCUT2D eigenvalue weighted by Gasteiger charge is -2.49. The molecule has 25 heavy (non-hydrogen) atoms. The van der Waals surface area contributed by atoms with E-state index in [1.54, 1.807) is 12.4 Å². The van der Waals surface area contributed by atoms with E-state index < -0.39 is 0 Å². The molecule has 1 N–H and O–H groups in total. The summed E-state index contributed by atoms with van der Waals surface area (Å²) in [5, 5.41) is 3.33. The number of guanidine groups is 1. The molecular weight excluding hydrogens is 314 g/mol. The van der Waals surface area contributed by atoms with Crippen LogP contribution in [0.25, 0.3) is 0 Å². The molecule has 6 heteroatoms. The van der Waals surface area contributed by atoms with Gasteiger partial charge in [-0.1, -0.05) is 0 Å². The van der Waals surface area contributed by atoms with E-state index in [0.717, 1.165) is 25.5 Å². The summed E-state index contributed by atoms with van der Waals surface area (Å²) in [5.41, 5.74) is 1.00. The quantitative estimate of drug-likeness (QED) is 0.654. The van der Waals surface area contributed by atoms with E-state index in [9.17, 15) is 4.79 Å². The molecule has 1 fully saturated rings. The van der Waals surface area contributed by atoms with Crippen LogP contribution < -0.4 is 5.32 Å². The molecule has 0 aromatic carbocycles. The molecule has 0 unspecified atom stereocenters. The van der Waals surface area contributed by atoms with E-state index in [-0.39, 0.29) is 17.5 Å². The summed E-state index contributed by atoms with van der Waals surface area (Å²) in [7, 11) is 0. The first-order valence-electron chi connectivity index (χ1n) is 9.09. The van der Waals surface area contributed by atoms with Gasteiger partial charge in [0, 0.05) is 38.1 Å². The van der Waals surface area contributed by atoms with Crippen LogP contribution in [-0.2, 0) is 11.2 Å². The van der Waals surface area contributed by atoms with E-state index in [4.69, 9.17) is 4.99 Å². The van der Waals surface area contributed by atoms with Crippen molar-refractivity contribution in [1.82, 2.24) is 20.1 Å². The van der Waals surface area contributed by atoms with E-state index in [0.29, 0.717) is 13.1 Å². The molecule has 0 saturated carbocycles. The molecule has 2 heterocycles. The van der Waals surface area contributed by atoms with Crippen LogP contribution in [0.5, 0.6) is 0 Å². The minimum Gasteiger partial charge on any atom is -0.357 e. The predicted molar refractivity (Wildman–Crippen MR) is 102 cm³/mol. The lowest BCUT2D eigenvalue weighted by Crippen LogP contribution is -2.66. The largest absolute Gasteiger partial charge is 0.357 e. The summed E-state index contributed by atoms with van der Waals surface area (Å²) < 4.78 is 0. The van der Waals surface area contributed by atoms with Crippen molar-refractivity contribution in [1.29, 1.82) is 0 Å². The van der Waals surface area contributed by atoms with Crippen molar-refractivity contribution in [3.05, 3.63) is 30.1 Å². The maximum absolute atomic E-state index is 12.7. The monoisotopic (exact) mass is 345 g/mol. The Kier molecular flexibility index (Phi) is 6.39. The van der Waals surface area contributed by atoms with Crippen LogP contribution in [0.3, 0.4) is 0 Å². The summed E-state index contributed by atoms with van der Waals surface area (Å²) >= 11 is 0. The number of piperazine rings is 1. The van der Waals surface area contributed by atoms with Gasteiger partial charge in [0.05, 0.1) is 12.1 Å². The van der Waals surface area contributed by atoms with Crippen molar-refractivity contribution >= 4 is 11.9 Å². The molecule has 1 aromatic heterocycles. The van der Waals surface area contributed by atoms with Crippen LogP contribution in [-0.4, -0.2) is 64.4 Å². The Labute approximate surface area is 151 Å². The normalized spacial score (nSPS) is 18.0. The van der Waals surface area contributed by atoms with Crippen molar-refractivity contribution in [3.8, 4) is 0 Å². The van der Waals surface area contributed by atoms with E-state index >= 15 is 0 Å². The zero-order chi connectivity index (χ0) is 18.4. The van der Waals surface area contributed by atoms with Gasteiger partial charge in [-0.25, -0.2) is 0 Å². The Bertz CT molecular complexity index is 597. The molecule has 1 aliphatic heterocycles. The second-order valence-electron chi connectivity index (χ2n) is 7.37. The first-order valence-corrected chi connectivity index (χ1v) is 9.09. The molecule has 0 bridgehead atoms. The molecule has 1 aromatic rings. The van der Waals surface area contributed by atoms with Crippen LogP contribution >= 0.6 is 0 Å². The third-order valence-corrected chi connectivity index (χ3v) is 4.39. The molecule has 0 radical (unpaired) electrons. The van der Waals surface area contributed by atoms with Gasteiger partial charge in [0.2, 0.25) is 5.91 Å². The number of aromatic nitrogens is 1. The Morgan fingerprint density at radius 3 is 2.60 bits per heavy atom. The highest BCUT2D eigenvalue weighted by molar-refractivity contribution is 5.88. The molecular formula is C19H31N5O. The second kappa shape index (κ2) is 8.32. The molecule has 138 valence electrons. The molecule has 0 atom stereocenters. The third kappa shape index (κ3) is 4.94. The van der Waals surface area contributed by atoms with Crippen LogP contribution in [0.2, 0.25) is 0 Å². The molecule has 1 aliphatic rings. The molecule has 1 saturated heterocycles. The summed E-state index contributed by atoms with van der Waals surface area (Å²) in [6.45, 7) is 13.1. The van der Waals surface area contributed by atoms with Crippen molar-refractivity contribution in [2.24, 2.45) is 4.99 Å². The number of carbonyl (C=O) groups excluding carboxylic acids is 1. The van der Waals surface area contributed by atoms with Gasteiger partial charge < -0.3 is 15.1 Å². The topological polar surface area (TPSA) is 60.8 Å². The first-order chi connectivity index (χ1) is 11.8. The number of pyridine rings is 1. The average molecular weight is 345 g/mol. The maximum atomic E-state index is 12.7. The number of aliphatic imine (C=N–C) groups is 1. The summed E-state index contributed by atoms with van der Waals surface area (Å²) in [5.74, 6) is 0.979. The van der Waals surface area contributed by atoms with Gasteiger partial charge in [-0.3, -0.25) is 14.8 Å². The van der Waals surface area contributed by atoms with Gasteiger partial charge in [-0.05, 0) is 58.7 Å². The second-order valence-corrected chi connectivity index (χ2v) is 7.37. The third-order valence-electron chi connectivity index (χ3n) is 4.39. The first kappa shape index (κ1) is 19.2. The Morgan fingerprint density at radius 1 is 1.36 bits per heavy atom. The predicted octanol–water partition coefficient (Wildman–Crippen LogP) is 1.92. The zero-order valence-electron chi connectivity index (χ0n) is 16.1. The molecule has 2 rings (SSSR count). The van der Waals surface area contributed by atoms with Gasteiger partial charge >= 0.3 is 0 Å². The van der Waals surface area contributed by atoms with Crippen molar-refractivity contribution in [2.45, 2.75) is 52.6 Å². The standard InChI is InChI=1S/C19H31N5O/c1-6-21-18(22-12-9-16-7-10-20-11-8-16)23-13-17(25)24(15(2)3)19(4,5)14-23/h7-8,10-11,15H,6,9,12-14H2,1-5H3,(H,21,22). The number of hydrogen-bond donors (Lipinski definition) is 1. The van der Waals surface area contributed by atoms with E-state index in [2.05, 4.69) is 49.8 Å².